The molecule has 4 rings (SSSR count). The highest BCUT2D eigenvalue weighted by Gasteiger charge is 2.39. The fraction of sp³-hybridized carbons (Fsp3) is 0.500. The van der Waals surface area contributed by atoms with Gasteiger partial charge in [-0.2, -0.15) is 5.26 Å². The largest absolute Gasteiger partial charge is 0.292 e. The summed E-state index contributed by atoms with van der Waals surface area (Å²) >= 11 is 5.12. The molecule has 1 atom stereocenters. The Labute approximate surface area is 167 Å². The Bertz CT molecular complexity index is 764. The predicted molar refractivity (Wildman–Crippen MR) is 107 cm³/mol. The molecule has 136 valence electrons. The van der Waals surface area contributed by atoms with Gasteiger partial charge in [-0.15, -0.1) is 0 Å². The zero-order valence-electron chi connectivity index (χ0n) is 14.7. The Hall–Kier alpha value is -1.29. The predicted octanol–water partition coefficient (Wildman–Crippen LogP) is 4.80. The minimum Gasteiger partial charge on any atom is -0.292 e. The molecule has 0 spiro atoms. The topological polar surface area (TPSA) is 47.3 Å². The highest BCUT2D eigenvalue weighted by Crippen LogP contribution is 2.43. The van der Waals surface area contributed by atoms with Crippen LogP contribution >= 0.6 is 27.7 Å². The van der Waals surface area contributed by atoms with Crippen molar-refractivity contribution in [2.24, 2.45) is 0 Å². The van der Waals surface area contributed by atoms with Crippen molar-refractivity contribution in [2.75, 3.05) is 12.5 Å². The molecular weight excluding hydrogens is 410 g/mol. The molecule has 1 aromatic carbocycles. The first kappa shape index (κ1) is 18.1. The first-order valence-electron chi connectivity index (χ1n) is 9.24. The molecule has 0 bridgehead atoms. The summed E-state index contributed by atoms with van der Waals surface area (Å²) in [5, 5.41) is 10.7. The van der Waals surface area contributed by atoms with Gasteiger partial charge in [0.2, 0.25) is 5.91 Å². The molecule has 0 unspecified atom stereocenters. The van der Waals surface area contributed by atoms with Gasteiger partial charge < -0.3 is 0 Å². The summed E-state index contributed by atoms with van der Waals surface area (Å²) in [6.07, 6.45) is 6.75. The maximum atomic E-state index is 12.9. The summed E-state index contributed by atoms with van der Waals surface area (Å²) in [4.78, 5) is 17.2. The molecule has 1 aromatic rings. The minimum absolute atomic E-state index is 0.124. The van der Waals surface area contributed by atoms with E-state index in [0.717, 1.165) is 26.5 Å². The van der Waals surface area contributed by atoms with E-state index in [1.807, 2.05) is 29.2 Å². The summed E-state index contributed by atoms with van der Waals surface area (Å²) < 4.78 is 1.01. The number of nitriles is 1. The monoisotopic (exact) mass is 431 g/mol. The number of carbonyl (C=O) groups is 1. The van der Waals surface area contributed by atoms with Crippen LogP contribution in [0.2, 0.25) is 0 Å². The van der Waals surface area contributed by atoms with Gasteiger partial charge in [0.1, 0.15) is 0 Å². The number of carbonyl (C=O) groups excluding carboxylic acids is 1. The fourth-order valence-corrected chi connectivity index (χ4v) is 5.74. The number of benzene rings is 1. The van der Waals surface area contributed by atoms with Crippen LogP contribution in [0.5, 0.6) is 0 Å². The second-order valence-electron chi connectivity index (χ2n) is 7.26. The van der Waals surface area contributed by atoms with Crippen molar-refractivity contribution in [3.63, 3.8) is 0 Å². The fourth-order valence-electron chi connectivity index (χ4n) is 4.23. The van der Waals surface area contributed by atoms with Crippen molar-refractivity contribution >= 4 is 33.6 Å². The maximum absolute atomic E-state index is 12.9. The molecule has 3 aliphatic rings. The number of hydrogen-bond acceptors (Lipinski definition) is 4. The summed E-state index contributed by atoms with van der Waals surface area (Å²) in [5.41, 5.74) is 1.79. The lowest BCUT2D eigenvalue weighted by Gasteiger charge is -2.44. The molecular formula is C20H22BrN3OS. The van der Waals surface area contributed by atoms with E-state index in [1.54, 1.807) is 11.8 Å². The first-order chi connectivity index (χ1) is 12.7. The van der Waals surface area contributed by atoms with Gasteiger partial charge >= 0.3 is 0 Å². The van der Waals surface area contributed by atoms with E-state index in [1.165, 1.54) is 32.1 Å². The van der Waals surface area contributed by atoms with Gasteiger partial charge in [-0.3, -0.25) is 14.6 Å². The smallest absolute Gasteiger partial charge is 0.229 e. The summed E-state index contributed by atoms with van der Waals surface area (Å²) in [7, 11) is 0. The second-order valence-corrected chi connectivity index (χ2v) is 9.11. The third-order valence-electron chi connectivity index (χ3n) is 5.68. The van der Waals surface area contributed by atoms with Crippen molar-refractivity contribution < 1.29 is 4.79 Å². The van der Waals surface area contributed by atoms with Crippen molar-refractivity contribution in [1.82, 2.24) is 9.80 Å². The molecule has 4 nitrogen and oxygen atoms in total. The van der Waals surface area contributed by atoms with Crippen LogP contribution in [0.25, 0.3) is 0 Å². The quantitative estimate of drug-likeness (QED) is 0.674. The number of fused-ring (bicyclic) bond motifs is 1. The van der Waals surface area contributed by atoms with Crippen molar-refractivity contribution in [3.8, 4) is 6.07 Å². The van der Waals surface area contributed by atoms with Crippen molar-refractivity contribution in [3.05, 3.63) is 44.9 Å². The molecule has 2 fully saturated rings. The van der Waals surface area contributed by atoms with E-state index in [2.05, 4.69) is 26.9 Å². The van der Waals surface area contributed by atoms with Gasteiger partial charge in [0, 0.05) is 22.9 Å². The zero-order chi connectivity index (χ0) is 18.1. The number of halogens is 1. The van der Waals surface area contributed by atoms with Gasteiger partial charge in [-0.25, -0.2) is 0 Å². The lowest BCUT2D eigenvalue weighted by atomic mass is 9.86. The van der Waals surface area contributed by atoms with E-state index in [-0.39, 0.29) is 11.8 Å². The van der Waals surface area contributed by atoms with Crippen LogP contribution in [0, 0.1) is 11.3 Å². The van der Waals surface area contributed by atoms with Crippen LogP contribution in [-0.4, -0.2) is 34.3 Å². The van der Waals surface area contributed by atoms with Crippen LogP contribution < -0.4 is 0 Å². The summed E-state index contributed by atoms with van der Waals surface area (Å²) in [6.45, 7) is 0.643. The van der Waals surface area contributed by atoms with Gasteiger partial charge in [0.25, 0.3) is 0 Å². The summed E-state index contributed by atoms with van der Waals surface area (Å²) in [5.74, 6) is 0.891. The SMILES string of the molecule is N#CC1=C2SCN(C3CCCCC3)CN2C(=O)C[C@H]1c1ccc(Br)cc1. The van der Waals surface area contributed by atoms with Gasteiger partial charge in [-0.05, 0) is 30.5 Å². The zero-order valence-corrected chi connectivity index (χ0v) is 17.1. The van der Waals surface area contributed by atoms with E-state index in [0.29, 0.717) is 19.1 Å². The minimum atomic E-state index is -0.124. The lowest BCUT2D eigenvalue weighted by Crippen LogP contribution is -2.51. The third-order valence-corrected chi connectivity index (χ3v) is 7.38. The molecule has 1 saturated carbocycles. The molecule has 0 radical (unpaired) electrons. The Morgan fingerprint density at radius 1 is 1.15 bits per heavy atom. The van der Waals surface area contributed by atoms with E-state index in [4.69, 9.17) is 0 Å². The molecule has 26 heavy (non-hydrogen) atoms. The molecule has 2 heterocycles. The van der Waals surface area contributed by atoms with Gasteiger partial charge in [0.15, 0.2) is 0 Å². The second kappa shape index (κ2) is 7.75. The average molecular weight is 432 g/mol. The first-order valence-corrected chi connectivity index (χ1v) is 11.0. The molecule has 1 aliphatic carbocycles. The molecule has 1 saturated heterocycles. The number of amides is 1. The normalized spacial score (nSPS) is 25.2. The molecule has 0 N–H and O–H groups in total. The summed E-state index contributed by atoms with van der Waals surface area (Å²) in [6, 6.07) is 11.0. The number of nitrogens with zero attached hydrogens (tertiary/aromatic N) is 3. The van der Waals surface area contributed by atoms with E-state index >= 15 is 0 Å². The van der Waals surface area contributed by atoms with Crippen LogP contribution in [-0.2, 0) is 4.79 Å². The number of rotatable bonds is 2. The van der Waals surface area contributed by atoms with Crippen LogP contribution in [0.4, 0.5) is 0 Å². The Morgan fingerprint density at radius 3 is 2.58 bits per heavy atom. The molecule has 0 aromatic heterocycles. The van der Waals surface area contributed by atoms with Gasteiger partial charge in [-0.1, -0.05) is 59.1 Å². The Balaban J connectivity index is 1.60. The van der Waals surface area contributed by atoms with Crippen molar-refractivity contribution in [2.45, 2.75) is 50.5 Å². The van der Waals surface area contributed by atoms with Crippen LogP contribution in [0.3, 0.4) is 0 Å². The maximum Gasteiger partial charge on any atom is 0.229 e. The number of hydrogen-bond donors (Lipinski definition) is 0. The van der Waals surface area contributed by atoms with Crippen molar-refractivity contribution in [1.29, 1.82) is 5.26 Å². The Morgan fingerprint density at radius 2 is 1.88 bits per heavy atom. The lowest BCUT2D eigenvalue weighted by molar-refractivity contribution is -0.132. The molecule has 1 amide bonds. The van der Waals surface area contributed by atoms with Crippen LogP contribution in [0.15, 0.2) is 39.3 Å². The number of allylic oxidation sites excluding steroid dienone is 1. The van der Waals surface area contributed by atoms with Crippen LogP contribution in [0.1, 0.15) is 50.0 Å². The standard InChI is InChI=1S/C20H22BrN3OS/c21-15-8-6-14(7-9-15)17-10-19(25)24-12-23(16-4-2-1-3-5-16)13-26-20(24)18(17)11-22/h6-9,16-17H,1-5,10,12-13H2/t17-/m0/s1. The van der Waals surface area contributed by atoms with E-state index in [9.17, 15) is 10.1 Å². The highest BCUT2D eigenvalue weighted by molar-refractivity contribution is 9.10. The molecule has 6 heteroatoms. The molecule has 2 aliphatic heterocycles. The third kappa shape index (κ3) is 3.45. The average Bonchev–Trinajstić information content (AvgIpc) is 2.69. The van der Waals surface area contributed by atoms with Gasteiger partial charge in [0.05, 0.1) is 29.2 Å². The highest BCUT2D eigenvalue weighted by atomic mass is 79.9. The number of thioether (sulfide) groups is 1. The van der Waals surface area contributed by atoms with E-state index < -0.39 is 0 Å². The Kier molecular flexibility index (Phi) is 5.40.